The normalized spacial score (nSPS) is 18.7. The first kappa shape index (κ1) is 17.4. The van der Waals surface area contributed by atoms with E-state index >= 15 is 0 Å². The van der Waals surface area contributed by atoms with Crippen LogP contribution in [0.15, 0.2) is 0 Å². The Morgan fingerprint density at radius 2 is 2.00 bits per heavy atom. The van der Waals surface area contributed by atoms with Crippen LogP contribution in [0.1, 0.15) is 53.4 Å². The number of carbonyl (C=O) groups is 1. The monoisotopic (exact) mass is 284 g/mol. The van der Waals surface area contributed by atoms with Gasteiger partial charge in [0.2, 0.25) is 5.91 Å². The van der Waals surface area contributed by atoms with Gasteiger partial charge in [0.05, 0.1) is 6.61 Å². The Hall–Kier alpha value is -0.610. The van der Waals surface area contributed by atoms with Crippen LogP contribution in [-0.2, 0) is 9.53 Å². The van der Waals surface area contributed by atoms with Crippen molar-refractivity contribution in [3.05, 3.63) is 0 Å². The Morgan fingerprint density at radius 3 is 2.45 bits per heavy atom. The molecule has 2 unspecified atom stereocenters. The van der Waals surface area contributed by atoms with Crippen LogP contribution < -0.4 is 5.73 Å². The van der Waals surface area contributed by atoms with Gasteiger partial charge in [0.1, 0.15) is 0 Å². The smallest absolute Gasteiger partial charge is 0.224 e. The third-order valence-electron chi connectivity index (χ3n) is 3.96. The summed E-state index contributed by atoms with van der Waals surface area (Å²) in [6.45, 7) is 9.90. The van der Waals surface area contributed by atoms with Gasteiger partial charge in [0.15, 0.2) is 0 Å². The van der Waals surface area contributed by atoms with Crippen molar-refractivity contribution in [1.82, 2.24) is 4.90 Å². The van der Waals surface area contributed by atoms with Gasteiger partial charge in [-0.1, -0.05) is 20.8 Å². The average Bonchev–Trinajstić information content (AvgIpc) is 3.09. The molecular weight excluding hydrogens is 252 g/mol. The number of carbonyl (C=O) groups excluding carboxylic acids is 1. The predicted molar refractivity (Wildman–Crippen MR) is 82.4 cm³/mol. The lowest BCUT2D eigenvalue weighted by atomic mass is 9.87. The molecule has 0 aromatic carbocycles. The lowest BCUT2D eigenvalue weighted by Gasteiger charge is -2.31. The molecule has 2 N–H and O–H groups in total. The molecule has 1 aliphatic carbocycles. The Labute approximate surface area is 124 Å². The topological polar surface area (TPSA) is 55.6 Å². The van der Waals surface area contributed by atoms with Crippen LogP contribution in [0.3, 0.4) is 0 Å². The Balaban J connectivity index is 2.53. The van der Waals surface area contributed by atoms with Crippen molar-refractivity contribution >= 4 is 5.91 Å². The van der Waals surface area contributed by atoms with Crippen LogP contribution in [0.25, 0.3) is 0 Å². The van der Waals surface area contributed by atoms with Crippen molar-refractivity contribution in [2.45, 2.75) is 65.5 Å². The molecule has 118 valence electrons. The molecule has 0 saturated heterocycles. The second-order valence-electron chi connectivity index (χ2n) is 7.39. The van der Waals surface area contributed by atoms with E-state index in [4.69, 9.17) is 10.5 Å². The van der Waals surface area contributed by atoms with E-state index < -0.39 is 0 Å². The zero-order chi connectivity index (χ0) is 15.3. The van der Waals surface area contributed by atoms with Crippen LogP contribution >= 0.6 is 0 Å². The first-order chi connectivity index (χ1) is 9.24. The first-order valence-corrected chi connectivity index (χ1v) is 7.78. The second-order valence-corrected chi connectivity index (χ2v) is 7.39. The fourth-order valence-electron chi connectivity index (χ4n) is 2.78. The highest BCUT2D eigenvalue weighted by atomic mass is 16.5. The molecule has 0 bridgehead atoms. The number of amides is 1. The second kappa shape index (κ2) is 7.41. The third kappa shape index (κ3) is 6.23. The molecule has 4 heteroatoms. The number of rotatable bonds is 8. The van der Waals surface area contributed by atoms with Crippen LogP contribution in [0.2, 0.25) is 0 Å². The van der Waals surface area contributed by atoms with E-state index in [0.29, 0.717) is 31.5 Å². The number of hydrogen-bond donors (Lipinski definition) is 1. The minimum Gasteiger partial charge on any atom is -0.383 e. The van der Waals surface area contributed by atoms with E-state index in [0.717, 1.165) is 6.42 Å². The predicted octanol–water partition coefficient (Wildman–Crippen LogP) is 2.41. The Kier molecular flexibility index (Phi) is 6.46. The molecule has 4 nitrogen and oxygen atoms in total. The SMILES string of the molecule is COCCN(C(=O)CC(N)CC(C)(C)C)C(C)C1CC1. The van der Waals surface area contributed by atoms with Crippen LogP contribution in [0, 0.1) is 11.3 Å². The largest absolute Gasteiger partial charge is 0.383 e. The van der Waals surface area contributed by atoms with Crippen LogP contribution in [0.4, 0.5) is 0 Å². The molecule has 0 aliphatic heterocycles. The summed E-state index contributed by atoms with van der Waals surface area (Å²) in [6, 6.07) is 0.262. The summed E-state index contributed by atoms with van der Waals surface area (Å²) in [5.41, 5.74) is 6.31. The molecule has 0 radical (unpaired) electrons. The summed E-state index contributed by atoms with van der Waals surface area (Å²) < 4.78 is 5.13. The van der Waals surface area contributed by atoms with Gasteiger partial charge < -0.3 is 15.4 Å². The van der Waals surface area contributed by atoms with Crippen LogP contribution in [-0.4, -0.2) is 43.2 Å². The molecule has 2 atom stereocenters. The number of nitrogens with zero attached hydrogens (tertiary/aromatic N) is 1. The quantitative estimate of drug-likeness (QED) is 0.744. The fraction of sp³-hybridized carbons (Fsp3) is 0.938. The molecule has 0 aromatic rings. The molecule has 0 heterocycles. The Morgan fingerprint density at radius 1 is 1.40 bits per heavy atom. The zero-order valence-corrected chi connectivity index (χ0v) is 13.8. The molecule has 20 heavy (non-hydrogen) atoms. The van der Waals surface area contributed by atoms with Crippen molar-refractivity contribution in [3.8, 4) is 0 Å². The lowest BCUT2D eigenvalue weighted by molar-refractivity contribution is -0.134. The maximum atomic E-state index is 12.5. The maximum absolute atomic E-state index is 12.5. The summed E-state index contributed by atoms with van der Waals surface area (Å²) in [5.74, 6) is 0.854. The summed E-state index contributed by atoms with van der Waals surface area (Å²) in [6.07, 6.45) is 3.80. The Bertz CT molecular complexity index is 308. The van der Waals surface area contributed by atoms with E-state index in [1.54, 1.807) is 7.11 Å². The fourth-order valence-corrected chi connectivity index (χ4v) is 2.78. The molecule has 1 aliphatic rings. The molecule has 1 rings (SSSR count). The number of nitrogens with two attached hydrogens (primary N) is 1. The summed E-state index contributed by atoms with van der Waals surface area (Å²) >= 11 is 0. The number of methoxy groups -OCH3 is 1. The average molecular weight is 284 g/mol. The summed E-state index contributed by atoms with van der Waals surface area (Å²) in [5, 5.41) is 0. The highest BCUT2D eigenvalue weighted by Gasteiger charge is 2.34. The molecule has 1 saturated carbocycles. The van der Waals surface area contributed by atoms with Gasteiger partial charge in [-0.3, -0.25) is 4.79 Å². The number of hydrogen-bond acceptors (Lipinski definition) is 3. The zero-order valence-electron chi connectivity index (χ0n) is 13.8. The number of ether oxygens (including phenoxy) is 1. The van der Waals surface area contributed by atoms with Gasteiger partial charge >= 0.3 is 0 Å². The van der Waals surface area contributed by atoms with E-state index in [2.05, 4.69) is 27.7 Å². The minimum atomic E-state index is -0.0565. The van der Waals surface area contributed by atoms with Gasteiger partial charge in [0, 0.05) is 32.2 Å². The maximum Gasteiger partial charge on any atom is 0.224 e. The third-order valence-corrected chi connectivity index (χ3v) is 3.96. The van der Waals surface area contributed by atoms with Gasteiger partial charge in [-0.15, -0.1) is 0 Å². The van der Waals surface area contributed by atoms with Gasteiger partial charge in [-0.2, -0.15) is 0 Å². The minimum absolute atomic E-state index is 0.0565. The highest BCUT2D eigenvalue weighted by molar-refractivity contribution is 5.77. The van der Waals surface area contributed by atoms with Gasteiger partial charge in [0.25, 0.3) is 0 Å². The molecule has 1 fully saturated rings. The van der Waals surface area contributed by atoms with E-state index in [1.807, 2.05) is 4.90 Å². The van der Waals surface area contributed by atoms with E-state index in [-0.39, 0.29) is 17.4 Å². The summed E-state index contributed by atoms with van der Waals surface area (Å²) in [4.78, 5) is 14.5. The first-order valence-electron chi connectivity index (χ1n) is 7.78. The van der Waals surface area contributed by atoms with Crippen molar-refractivity contribution in [3.63, 3.8) is 0 Å². The van der Waals surface area contributed by atoms with Gasteiger partial charge in [-0.05, 0) is 37.5 Å². The molecule has 0 spiro atoms. The lowest BCUT2D eigenvalue weighted by Crippen LogP contribution is -2.44. The van der Waals surface area contributed by atoms with E-state index in [9.17, 15) is 4.79 Å². The van der Waals surface area contributed by atoms with Crippen molar-refractivity contribution in [2.75, 3.05) is 20.3 Å². The molecule has 0 aromatic heterocycles. The van der Waals surface area contributed by atoms with Crippen LogP contribution in [0.5, 0.6) is 0 Å². The van der Waals surface area contributed by atoms with Crippen molar-refractivity contribution < 1.29 is 9.53 Å². The van der Waals surface area contributed by atoms with Crippen molar-refractivity contribution in [2.24, 2.45) is 17.1 Å². The molecule has 1 amide bonds. The standard InChI is InChI=1S/C16H32N2O2/c1-12(13-6-7-13)18(8-9-20-5)15(19)10-14(17)11-16(2,3)4/h12-14H,6-11,17H2,1-5H3. The highest BCUT2D eigenvalue weighted by Crippen LogP contribution is 2.35. The van der Waals surface area contributed by atoms with Gasteiger partial charge in [-0.25, -0.2) is 0 Å². The van der Waals surface area contributed by atoms with Crippen molar-refractivity contribution in [1.29, 1.82) is 0 Å². The summed E-state index contributed by atoms with van der Waals surface area (Å²) in [7, 11) is 1.68. The molecular formula is C16H32N2O2. The van der Waals surface area contributed by atoms with E-state index in [1.165, 1.54) is 12.8 Å².